The van der Waals surface area contributed by atoms with Gasteiger partial charge in [0, 0.05) is 27.3 Å². The molecule has 3 aromatic rings. The van der Waals surface area contributed by atoms with Gasteiger partial charge in [-0.05, 0) is 54.3 Å². The number of rotatable bonds is 8. The first-order chi connectivity index (χ1) is 14.0. The van der Waals surface area contributed by atoms with Crippen LogP contribution >= 0.6 is 27.3 Å². The van der Waals surface area contributed by atoms with Crippen molar-refractivity contribution in [2.24, 2.45) is 5.92 Å². The van der Waals surface area contributed by atoms with Crippen LogP contribution in [0.2, 0.25) is 0 Å². The first-order valence-corrected chi connectivity index (χ1v) is 11.9. The van der Waals surface area contributed by atoms with Crippen LogP contribution in [0.1, 0.15) is 66.2 Å². The van der Waals surface area contributed by atoms with Crippen molar-refractivity contribution in [2.45, 2.75) is 50.9 Å². The standard InChI is InChI=1S/C24H25BrO3S/c1-2-19(22-4-3-11-29-22)23-20(26)14-21(28-24(23)27)17(12-15-5-6-15)13-16-7-9-18(25)10-8-16/h3-4,7-11,14-15,17,19,26H,2,5-6,12-13H2,1H3. The van der Waals surface area contributed by atoms with Crippen LogP contribution in [0.3, 0.4) is 0 Å². The van der Waals surface area contributed by atoms with E-state index in [0.717, 1.165) is 28.6 Å². The first kappa shape index (κ1) is 20.4. The molecule has 5 heteroatoms. The average Bonchev–Trinajstić information content (AvgIpc) is 3.35. The lowest BCUT2D eigenvalue weighted by Gasteiger charge is -2.19. The molecule has 1 saturated carbocycles. The van der Waals surface area contributed by atoms with E-state index in [1.165, 1.54) is 18.4 Å². The van der Waals surface area contributed by atoms with Crippen molar-refractivity contribution in [1.29, 1.82) is 0 Å². The van der Waals surface area contributed by atoms with Crippen molar-refractivity contribution in [2.75, 3.05) is 0 Å². The highest BCUT2D eigenvalue weighted by Gasteiger charge is 2.30. The van der Waals surface area contributed by atoms with E-state index in [1.807, 2.05) is 36.6 Å². The van der Waals surface area contributed by atoms with Gasteiger partial charge in [-0.1, -0.05) is 53.9 Å². The van der Waals surface area contributed by atoms with E-state index in [2.05, 4.69) is 28.1 Å². The van der Waals surface area contributed by atoms with Gasteiger partial charge in [0.25, 0.3) is 0 Å². The van der Waals surface area contributed by atoms with Gasteiger partial charge in [-0.15, -0.1) is 11.3 Å². The highest BCUT2D eigenvalue weighted by Crippen LogP contribution is 2.41. The smallest absolute Gasteiger partial charge is 0.343 e. The van der Waals surface area contributed by atoms with Crippen LogP contribution in [0.25, 0.3) is 0 Å². The second-order valence-corrected chi connectivity index (χ2v) is 9.81. The maximum absolute atomic E-state index is 12.9. The van der Waals surface area contributed by atoms with Gasteiger partial charge in [-0.2, -0.15) is 0 Å². The van der Waals surface area contributed by atoms with E-state index in [9.17, 15) is 9.90 Å². The normalized spacial score (nSPS) is 15.9. The summed E-state index contributed by atoms with van der Waals surface area (Å²) in [6.07, 6.45) is 5.00. The molecule has 0 spiro atoms. The van der Waals surface area contributed by atoms with Crippen molar-refractivity contribution >= 4 is 27.3 Å². The minimum absolute atomic E-state index is 0.0631. The summed E-state index contributed by atoms with van der Waals surface area (Å²) < 4.78 is 6.89. The molecule has 2 atom stereocenters. The first-order valence-electron chi connectivity index (χ1n) is 10.2. The summed E-state index contributed by atoms with van der Waals surface area (Å²) in [5.41, 5.74) is 1.18. The lowest BCUT2D eigenvalue weighted by atomic mass is 9.90. The van der Waals surface area contributed by atoms with E-state index in [1.54, 1.807) is 17.4 Å². The van der Waals surface area contributed by atoms with E-state index in [4.69, 9.17) is 4.42 Å². The lowest BCUT2D eigenvalue weighted by molar-refractivity contribution is 0.372. The Labute approximate surface area is 183 Å². The Morgan fingerprint density at radius 2 is 2.00 bits per heavy atom. The molecule has 2 aromatic heterocycles. The monoisotopic (exact) mass is 472 g/mol. The quantitative estimate of drug-likeness (QED) is 0.390. The fourth-order valence-corrected chi connectivity index (χ4v) is 5.21. The van der Waals surface area contributed by atoms with Crippen LogP contribution in [-0.2, 0) is 6.42 Å². The number of aromatic hydroxyl groups is 1. The molecule has 4 rings (SSSR count). The Morgan fingerprint density at radius 3 is 2.59 bits per heavy atom. The molecule has 0 bridgehead atoms. The van der Waals surface area contributed by atoms with E-state index in [-0.39, 0.29) is 17.6 Å². The van der Waals surface area contributed by atoms with Gasteiger partial charge < -0.3 is 9.52 Å². The fraction of sp³-hybridized carbons (Fsp3) is 0.375. The van der Waals surface area contributed by atoms with Crippen molar-refractivity contribution in [3.63, 3.8) is 0 Å². The molecule has 3 nitrogen and oxygen atoms in total. The zero-order chi connectivity index (χ0) is 20.4. The van der Waals surface area contributed by atoms with Gasteiger partial charge in [-0.25, -0.2) is 4.79 Å². The number of benzene rings is 1. The predicted octanol–water partition coefficient (Wildman–Crippen LogP) is 6.84. The molecule has 29 heavy (non-hydrogen) atoms. The molecule has 1 aliphatic rings. The molecule has 1 N–H and O–H groups in total. The summed E-state index contributed by atoms with van der Waals surface area (Å²) in [6, 6.07) is 13.9. The topological polar surface area (TPSA) is 50.4 Å². The zero-order valence-electron chi connectivity index (χ0n) is 16.4. The Bertz CT molecular complexity index is 1000. The van der Waals surface area contributed by atoms with E-state index < -0.39 is 5.63 Å². The molecule has 1 aliphatic carbocycles. The molecule has 1 aromatic carbocycles. The van der Waals surface area contributed by atoms with Gasteiger partial charge in [0.15, 0.2) is 0 Å². The molecule has 0 amide bonds. The number of hydrogen-bond acceptors (Lipinski definition) is 4. The SMILES string of the molecule is CCC(c1cccs1)c1c(O)cc(C(Cc2ccc(Br)cc2)CC2CC2)oc1=O. The molecular formula is C24H25BrO3S. The third-order valence-electron chi connectivity index (χ3n) is 5.74. The number of halogens is 1. The third-order valence-corrected chi connectivity index (χ3v) is 7.26. The van der Waals surface area contributed by atoms with Crippen molar-refractivity contribution in [3.8, 4) is 5.75 Å². The van der Waals surface area contributed by atoms with Gasteiger partial charge in [0.05, 0.1) is 5.56 Å². The lowest BCUT2D eigenvalue weighted by Crippen LogP contribution is -2.16. The van der Waals surface area contributed by atoms with Gasteiger partial charge >= 0.3 is 5.63 Å². The molecular weight excluding hydrogens is 448 g/mol. The highest BCUT2D eigenvalue weighted by molar-refractivity contribution is 9.10. The summed E-state index contributed by atoms with van der Waals surface area (Å²) in [5.74, 6) is 1.32. The second kappa shape index (κ2) is 8.88. The largest absolute Gasteiger partial charge is 0.507 e. The zero-order valence-corrected chi connectivity index (χ0v) is 18.8. The van der Waals surface area contributed by atoms with E-state index >= 15 is 0 Å². The predicted molar refractivity (Wildman–Crippen MR) is 121 cm³/mol. The molecule has 2 heterocycles. The Kier molecular flexibility index (Phi) is 6.26. The van der Waals surface area contributed by atoms with Crippen LogP contribution in [0.5, 0.6) is 5.75 Å². The molecule has 0 aliphatic heterocycles. The summed E-state index contributed by atoms with van der Waals surface area (Å²) in [7, 11) is 0. The molecule has 1 fully saturated rings. The van der Waals surface area contributed by atoms with Crippen LogP contribution in [0, 0.1) is 5.92 Å². The van der Waals surface area contributed by atoms with Gasteiger partial charge in [0.2, 0.25) is 0 Å². The highest BCUT2D eigenvalue weighted by atomic mass is 79.9. The summed E-state index contributed by atoms with van der Waals surface area (Å²) in [6.45, 7) is 2.03. The van der Waals surface area contributed by atoms with Crippen molar-refractivity contribution in [1.82, 2.24) is 0 Å². The minimum atomic E-state index is -0.406. The number of thiophene rings is 1. The second-order valence-electron chi connectivity index (χ2n) is 7.92. The summed E-state index contributed by atoms with van der Waals surface area (Å²) in [4.78, 5) is 14.0. The number of hydrogen-bond donors (Lipinski definition) is 1. The summed E-state index contributed by atoms with van der Waals surface area (Å²) in [5, 5.41) is 12.8. The third kappa shape index (κ3) is 4.84. The van der Waals surface area contributed by atoms with Crippen LogP contribution in [0.15, 0.2) is 61.5 Å². The Balaban J connectivity index is 1.66. The van der Waals surface area contributed by atoms with Crippen molar-refractivity contribution < 1.29 is 9.52 Å². The van der Waals surface area contributed by atoms with E-state index in [0.29, 0.717) is 17.2 Å². The van der Waals surface area contributed by atoms with Gasteiger partial charge in [-0.3, -0.25) is 0 Å². The maximum atomic E-state index is 12.9. The van der Waals surface area contributed by atoms with Crippen LogP contribution in [0.4, 0.5) is 0 Å². The Morgan fingerprint density at radius 1 is 1.24 bits per heavy atom. The molecule has 2 unspecified atom stereocenters. The molecule has 0 saturated heterocycles. The van der Waals surface area contributed by atoms with Gasteiger partial charge in [0.1, 0.15) is 11.5 Å². The molecule has 152 valence electrons. The Hall–Kier alpha value is -1.85. The fourth-order valence-electron chi connectivity index (χ4n) is 4.03. The minimum Gasteiger partial charge on any atom is -0.507 e. The summed E-state index contributed by atoms with van der Waals surface area (Å²) >= 11 is 5.08. The maximum Gasteiger partial charge on any atom is 0.343 e. The van der Waals surface area contributed by atoms with Crippen molar-refractivity contribution in [3.05, 3.63) is 84.5 Å². The average molecular weight is 473 g/mol. The van der Waals surface area contributed by atoms with Crippen LogP contribution in [-0.4, -0.2) is 5.11 Å². The van der Waals surface area contributed by atoms with Crippen LogP contribution < -0.4 is 5.63 Å². The molecule has 0 radical (unpaired) electrons.